The van der Waals surface area contributed by atoms with Crippen LogP contribution in [-0.2, 0) is 9.78 Å². The summed E-state index contributed by atoms with van der Waals surface area (Å²) in [4.78, 5) is 14.2. The average molecular weight is 348 g/mol. The molecule has 1 heterocycles. The van der Waals surface area contributed by atoms with Crippen LogP contribution in [-0.4, -0.2) is 23.8 Å². The van der Waals surface area contributed by atoms with Crippen LogP contribution >= 0.6 is 15.9 Å². The molecule has 5 heteroatoms. The van der Waals surface area contributed by atoms with Crippen molar-refractivity contribution in [2.45, 2.75) is 6.10 Å². The fraction of sp³-hybridized carbons (Fsp3) is 0.188. The van der Waals surface area contributed by atoms with Crippen molar-refractivity contribution < 1.29 is 14.9 Å². The Labute approximate surface area is 131 Å². The van der Waals surface area contributed by atoms with E-state index in [-0.39, 0.29) is 6.61 Å². The van der Waals surface area contributed by atoms with Crippen molar-refractivity contribution >= 4 is 27.6 Å². The van der Waals surface area contributed by atoms with E-state index >= 15 is 0 Å². The van der Waals surface area contributed by atoms with Crippen molar-refractivity contribution in [3.8, 4) is 0 Å². The van der Waals surface area contributed by atoms with Gasteiger partial charge < -0.3 is 5.11 Å². The lowest BCUT2D eigenvalue weighted by atomic mass is 10.0. The third kappa shape index (κ3) is 2.78. The topological polar surface area (TPSA) is 51.6 Å². The number of aromatic nitrogens is 1. The van der Waals surface area contributed by atoms with Crippen molar-refractivity contribution in [3.05, 3.63) is 63.4 Å². The van der Waals surface area contributed by atoms with Crippen LogP contribution in [0.1, 0.15) is 28.5 Å². The number of nitrogens with zero attached hydrogens (tertiary/aromatic N) is 1. The smallest absolute Gasteiger partial charge is 0.122 e. The van der Waals surface area contributed by atoms with Crippen LogP contribution in [0.15, 0.2) is 41.0 Å². The largest absolute Gasteiger partial charge is 0.382 e. The molecule has 0 amide bonds. The summed E-state index contributed by atoms with van der Waals surface area (Å²) in [6.07, 6.45) is 2.92. The summed E-state index contributed by atoms with van der Waals surface area (Å²) in [5.41, 5.74) is 4.17. The van der Waals surface area contributed by atoms with E-state index in [4.69, 9.17) is 9.78 Å². The van der Waals surface area contributed by atoms with Crippen molar-refractivity contribution in [2.75, 3.05) is 13.7 Å². The summed E-state index contributed by atoms with van der Waals surface area (Å²) in [5.74, 6) is 0. The molecule has 1 aliphatic rings. The normalized spacial score (nSPS) is 16.7. The molecule has 1 aromatic carbocycles. The first-order valence-corrected chi connectivity index (χ1v) is 7.29. The Bertz CT molecular complexity index is 700. The van der Waals surface area contributed by atoms with Gasteiger partial charge in [0.15, 0.2) is 0 Å². The molecule has 0 bridgehead atoms. The van der Waals surface area contributed by atoms with Gasteiger partial charge in [-0.3, -0.25) is 4.98 Å². The Morgan fingerprint density at radius 3 is 2.95 bits per heavy atom. The van der Waals surface area contributed by atoms with E-state index in [0.29, 0.717) is 5.69 Å². The lowest BCUT2D eigenvalue weighted by Gasteiger charge is -2.14. The van der Waals surface area contributed by atoms with Gasteiger partial charge in [-0.1, -0.05) is 24.3 Å². The molecule has 21 heavy (non-hydrogen) atoms. The number of hydrogen-bond donors (Lipinski definition) is 1. The van der Waals surface area contributed by atoms with Crippen molar-refractivity contribution in [3.63, 3.8) is 0 Å². The molecule has 108 valence electrons. The maximum atomic E-state index is 10.6. The maximum Gasteiger partial charge on any atom is 0.122 e. The molecule has 4 nitrogen and oxygen atoms in total. The van der Waals surface area contributed by atoms with Crippen LogP contribution in [0.25, 0.3) is 11.6 Å². The summed E-state index contributed by atoms with van der Waals surface area (Å²) >= 11 is 3.42. The molecule has 0 fully saturated rings. The summed E-state index contributed by atoms with van der Waals surface area (Å²) in [6, 6.07) is 9.65. The number of aliphatic hydroxyl groups excluding tert-OH is 1. The summed E-state index contributed by atoms with van der Waals surface area (Å²) in [7, 11) is 1.47. The Kier molecular flexibility index (Phi) is 4.17. The molecule has 1 atom stereocenters. The van der Waals surface area contributed by atoms with Gasteiger partial charge in [-0.05, 0) is 44.8 Å². The Balaban J connectivity index is 2.20. The number of halogens is 1. The van der Waals surface area contributed by atoms with E-state index in [1.807, 2.05) is 36.4 Å². The van der Waals surface area contributed by atoms with Gasteiger partial charge in [-0.2, -0.15) is 0 Å². The standard InChI is InChI=1S/C16H14BrNO3/c1-20-21-9-11-6-10-4-2-3-5-13(10)16(19)15-14(11)7-12(17)8-18-15/h2-8,16,19H,9H2,1H3. The number of hydrogen-bond acceptors (Lipinski definition) is 4. The highest BCUT2D eigenvalue weighted by molar-refractivity contribution is 9.10. The minimum atomic E-state index is -0.763. The second kappa shape index (κ2) is 6.07. The Hall–Kier alpha value is -1.53. The zero-order valence-electron chi connectivity index (χ0n) is 11.4. The van der Waals surface area contributed by atoms with Gasteiger partial charge in [0, 0.05) is 16.2 Å². The molecule has 0 radical (unpaired) electrons. The van der Waals surface area contributed by atoms with Gasteiger partial charge in [-0.15, -0.1) is 0 Å². The van der Waals surface area contributed by atoms with E-state index < -0.39 is 6.10 Å². The van der Waals surface area contributed by atoms with Gasteiger partial charge in [0.1, 0.15) is 12.7 Å². The average Bonchev–Trinajstić information content (AvgIpc) is 2.61. The van der Waals surface area contributed by atoms with E-state index in [1.165, 1.54) is 7.11 Å². The minimum Gasteiger partial charge on any atom is -0.382 e. The molecular formula is C16H14BrNO3. The second-order valence-electron chi connectivity index (χ2n) is 4.72. The Morgan fingerprint density at radius 1 is 1.33 bits per heavy atom. The predicted molar refractivity (Wildman–Crippen MR) is 83.3 cm³/mol. The third-order valence-corrected chi connectivity index (χ3v) is 3.88. The summed E-state index contributed by atoms with van der Waals surface area (Å²) in [5, 5.41) is 10.6. The molecule has 3 rings (SSSR count). The van der Waals surface area contributed by atoms with E-state index in [0.717, 1.165) is 26.7 Å². The predicted octanol–water partition coefficient (Wildman–Crippen LogP) is 3.36. The number of pyridine rings is 1. The fourth-order valence-corrected chi connectivity index (χ4v) is 2.80. The summed E-state index contributed by atoms with van der Waals surface area (Å²) < 4.78 is 0.850. The van der Waals surface area contributed by atoms with Gasteiger partial charge in [0.2, 0.25) is 0 Å². The fourth-order valence-electron chi connectivity index (χ4n) is 2.47. The van der Waals surface area contributed by atoms with Crippen LogP contribution in [0.5, 0.6) is 0 Å². The number of benzene rings is 1. The number of fused-ring (bicyclic) bond motifs is 2. The van der Waals surface area contributed by atoms with Crippen molar-refractivity contribution in [1.29, 1.82) is 0 Å². The zero-order valence-corrected chi connectivity index (χ0v) is 13.0. The summed E-state index contributed by atoms with van der Waals surface area (Å²) in [6.45, 7) is 0.280. The van der Waals surface area contributed by atoms with Crippen LogP contribution in [0.4, 0.5) is 0 Å². The van der Waals surface area contributed by atoms with Crippen molar-refractivity contribution in [1.82, 2.24) is 4.98 Å². The molecule has 1 unspecified atom stereocenters. The minimum absolute atomic E-state index is 0.280. The first-order valence-electron chi connectivity index (χ1n) is 6.49. The molecule has 0 spiro atoms. The second-order valence-corrected chi connectivity index (χ2v) is 5.63. The van der Waals surface area contributed by atoms with Crippen LogP contribution < -0.4 is 0 Å². The highest BCUT2D eigenvalue weighted by Gasteiger charge is 2.24. The van der Waals surface area contributed by atoms with Crippen LogP contribution in [0, 0.1) is 0 Å². The first kappa shape index (κ1) is 14.4. The highest BCUT2D eigenvalue weighted by Crippen LogP contribution is 2.36. The van der Waals surface area contributed by atoms with E-state index in [1.54, 1.807) is 6.20 Å². The van der Waals surface area contributed by atoms with E-state index in [2.05, 4.69) is 20.9 Å². The Morgan fingerprint density at radius 2 is 2.14 bits per heavy atom. The molecule has 0 saturated carbocycles. The van der Waals surface area contributed by atoms with E-state index in [9.17, 15) is 5.11 Å². The molecular weight excluding hydrogens is 334 g/mol. The monoisotopic (exact) mass is 347 g/mol. The first-order chi connectivity index (χ1) is 10.2. The molecule has 1 aliphatic carbocycles. The molecule has 1 aromatic heterocycles. The van der Waals surface area contributed by atoms with Crippen LogP contribution in [0.2, 0.25) is 0 Å². The third-order valence-electron chi connectivity index (χ3n) is 3.44. The van der Waals surface area contributed by atoms with Gasteiger partial charge in [0.25, 0.3) is 0 Å². The zero-order chi connectivity index (χ0) is 14.8. The van der Waals surface area contributed by atoms with Gasteiger partial charge in [0.05, 0.1) is 12.8 Å². The number of aliphatic hydroxyl groups is 1. The molecule has 1 N–H and O–H groups in total. The van der Waals surface area contributed by atoms with Gasteiger partial charge in [-0.25, -0.2) is 9.78 Å². The van der Waals surface area contributed by atoms with Crippen molar-refractivity contribution in [2.24, 2.45) is 0 Å². The molecule has 2 aromatic rings. The maximum absolute atomic E-state index is 10.6. The number of rotatable bonds is 3. The molecule has 0 saturated heterocycles. The molecule has 0 aliphatic heterocycles. The SMILES string of the molecule is COOCC1=Cc2ccccc2C(O)c2ncc(Br)cc21. The lowest BCUT2D eigenvalue weighted by Crippen LogP contribution is -2.07. The lowest BCUT2D eigenvalue weighted by molar-refractivity contribution is -0.261. The van der Waals surface area contributed by atoms with Gasteiger partial charge >= 0.3 is 0 Å². The van der Waals surface area contributed by atoms with Crippen LogP contribution in [0.3, 0.4) is 0 Å². The quantitative estimate of drug-likeness (QED) is 0.683. The highest BCUT2D eigenvalue weighted by atomic mass is 79.9.